The molecular weight excluding hydrogens is 299 g/mol. The topological polar surface area (TPSA) is 83.8 Å². The number of rotatable bonds is 3. The molecule has 4 N–H and O–H groups in total. The molecule has 7 heteroatoms. The molecule has 2 unspecified atom stereocenters. The van der Waals surface area contributed by atoms with Gasteiger partial charge in [0.1, 0.15) is 5.82 Å². The molecule has 2 rings (SSSR count). The number of nitrogens with two attached hydrogens (primary N) is 1. The number of aryl methyl sites for hydroxylation is 1. The lowest BCUT2D eigenvalue weighted by Gasteiger charge is -2.15. The molecule has 0 bridgehead atoms. The number of amides is 1. The van der Waals surface area contributed by atoms with E-state index in [9.17, 15) is 4.79 Å². The van der Waals surface area contributed by atoms with E-state index in [1.165, 1.54) is 0 Å². The zero-order valence-corrected chi connectivity index (χ0v) is 13.3. The first-order valence-corrected chi connectivity index (χ1v) is 6.00. The second-order valence-corrected chi connectivity index (χ2v) is 4.69. The summed E-state index contributed by atoms with van der Waals surface area (Å²) in [7, 11) is 0. The normalized spacial score (nSPS) is 13.0. The van der Waals surface area contributed by atoms with Crippen molar-refractivity contribution in [2.75, 3.05) is 5.32 Å². The molecule has 0 aliphatic heterocycles. The van der Waals surface area contributed by atoms with Gasteiger partial charge in [-0.1, -0.05) is 6.92 Å². The second kappa shape index (κ2) is 7.47. The van der Waals surface area contributed by atoms with Crippen molar-refractivity contribution >= 4 is 47.4 Å². The van der Waals surface area contributed by atoms with Crippen LogP contribution in [0.1, 0.15) is 19.7 Å². The van der Waals surface area contributed by atoms with Crippen molar-refractivity contribution in [3.05, 3.63) is 24.0 Å². The molecule has 112 valence electrons. The fraction of sp³-hybridized carbons (Fsp3) is 0.385. The minimum absolute atomic E-state index is 0. The van der Waals surface area contributed by atoms with E-state index in [-0.39, 0.29) is 42.7 Å². The summed E-state index contributed by atoms with van der Waals surface area (Å²) in [5.41, 5.74) is 8.27. The number of carbonyl (C=O) groups excluding carboxylic acids is 1. The largest absolute Gasteiger partial charge is 0.342 e. The maximum Gasteiger partial charge on any atom is 0.228 e. The number of nitrogens with zero attached hydrogens (tertiary/aromatic N) is 1. The Kier molecular flexibility index (Phi) is 6.99. The molecule has 1 amide bonds. The van der Waals surface area contributed by atoms with Crippen LogP contribution < -0.4 is 11.1 Å². The molecule has 20 heavy (non-hydrogen) atoms. The fourth-order valence-electron chi connectivity index (χ4n) is 1.71. The monoisotopic (exact) mass is 318 g/mol. The summed E-state index contributed by atoms with van der Waals surface area (Å²) in [4.78, 5) is 19.3. The Bertz CT molecular complexity index is 583. The van der Waals surface area contributed by atoms with Gasteiger partial charge in [-0.15, -0.1) is 24.8 Å². The van der Waals surface area contributed by atoms with Gasteiger partial charge in [0.25, 0.3) is 0 Å². The Morgan fingerprint density at radius 1 is 1.35 bits per heavy atom. The third kappa shape index (κ3) is 4.10. The van der Waals surface area contributed by atoms with E-state index in [4.69, 9.17) is 5.73 Å². The Balaban J connectivity index is 0.00000180. The zero-order valence-electron chi connectivity index (χ0n) is 11.6. The first-order chi connectivity index (χ1) is 8.47. The molecule has 0 spiro atoms. The number of aromatic nitrogens is 2. The number of benzene rings is 1. The van der Waals surface area contributed by atoms with Crippen LogP contribution >= 0.6 is 24.8 Å². The van der Waals surface area contributed by atoms with Gasteiger partial charge < -0.3 is 16.0 Å². The van der Waals surface area contributed by atoms with E-state index in [0.29, 0.717) is 0 Å². The highest BCUT2D eigenvalue weighted by Gasteiger charge is 2.17. The summed E-state index contributed by atoms with van der Waals surface area (Å²) in [6.45, 7) is 5.54. The molecule has 0 saturated carbocycles. The highest BCUT2D eigenvalue weighted by atomic mass is 35.5. The quantitative estimate of drug-likeness (QED) is 0.813. The smallest absolute Gasteiger partial charge is 0.228 e. The molecule has 1 heterocycles. The van der Waals surface area contributed by atoms with E-state index in [2.05, 4.69) is 15.3 Å². The molecule has 1 aromatic carbocycles. The number of halogens is 2. The first kappa shape index (κ1) is 18.7. The molecule has 0 aliphatic carbocycles. The van der Waals surface area contributed by atoms with Gasteiger partial charge in [0, 0.05) is 11.7 Å². The Morgan fingerprint density at radius 2 is 2.00 bits per heavy atom. The summed E-state index contributed by atoms with van der Waals surface area (Å²) in [5.74, 6) is 0.571. The van der Waals surface area contributed by atoms with Crippen LogP contribution in [0.2, 0.25) is 0 Å². The second-order valence-electron chi connectivity index (χ2n) is 4.69. The number of carbonyl (C=O) groups is 1. The molecular formula is C13H20Cl2N4O. The standard InChI is InChI=1S/C13H18N4O.2ClH/c1-7(8(2)14)13(18)17-10-4-5-11-12(6-10)16-9(3)15-11;;/h4-8H,14H2,1-3H3,(H,15,16)(H,17,18);2*1H. The van der Waals surface area contributed by atoms with Crippen LogP contribution in [-0.4, -0.2) is 21.9 Å². The third-order valence-electron chi connectivity index (χ3n) is 3.07. The number of aromatic amines is 1. The first-order valence-electron chi connectivity index (χ1n) is 6.00. The lowest BCUT2D eigenvalue weighted by molar-refractivity contribution is -0.119. The lowest BCUT2D eigenvalue weighted by atomic mass is 10.0. The van der Waals surface area contributed by atoms with Gasteiger partial charge in [0.2, 0.25) is 5.91 Å². The minimum atomic E-state index is -0.218. The molecule has 0 fully saturated rings. The van der Waals surface area contributed by atoms with Crippen LogP contribution in [0.4, 0.5) is 5.69 Å². The fourth-order valence-corrected chi connectivity index (χ4v) is 1.71. The molecule has 5 nitrogen and oxygen atoms in total. The number of hydrogen-bond acceptors (Lipinski definition) is 3. The van der Waals surface area contributed by atoms with Crippen LogP contribution in [0, 0.1) is 12.8 Å². The van der Waals surface area contributed by atoms with E-state index in [1.54, 1.807) is 0 Å². The Morgan fingerprint density at radius 3 is 2.60 bits per heavy atom. The van der Waals surface area contributed by atoms with Gasteiger partial charge in [0.05, 0.1) is 17.0 Å². The van der Waals surface area contributed by atoms with E-state index in [0.717, 1.165) is 22.5 Å². The minimum Gasteiger partial charge on any atom is -0.342 e. The van der Waals surface area contributed by atoms with Crippen LogP contribution in [0.25, 0.3) is 11.0 Å². The van der Waals surface area contributed by atoms with Crippen molar-refractivity contribution in [1.82, 2.24) is 9.97 Å². The maximum atomic E-state index is 11.9. The lowest BCUT2D eigenvalue weighted by Crippen LogP contribution is -2.34. The number of hydrogen-bond donors (Lipinski definition) is 3. The van der Waals surface area contributed by atoms with Crippen molar-refractivity contribution in [3.8, 4) is 0 Å². The zero-order chi connectivity index (χ0) is 13.3. The molecule has 2 atom stereocenters. The number of nitrogens with one attached hydrogen (secondary N) is 2. The molecule has 0 radical (unpaired) electrons. The molecule has 0 aliphatic rings. The van der Waals surface area contributed by atoms with Gasteiger partial charge in [-0.25, -0.2) is 4.98 Å². The van der Waals surface area contributed by atoms with Gasteiger partial charge in [-0.05, 0) is 32.0 Å². The van der Waals surface area contributed by atoms with Crippen molar-refractivity contribution < 1.29 is 4.79 Å². The maximum absolute atomic E-state index is 11.9. The third-order valence-corrected chi connectivity index (χ3v) is 3.07. The Hall–Kier alpha value is -1.30. The molecule has 0 saturated heterocycles. The van der Waals surface area contributed by atoms with E-state index >= 15 is 0 Å². The van der Waals surface area contributed by atoms with Gasteiger partial charge >= 0.3 is 0 Å². The molecule has 1 aromatic heterocycles. The predicted molar refractivity (Wildman–Crippen MR) is 86.8 cm³/mol. The van der Waals surface area contributed by atoms with Crippen molar-refractivity contribution in [3.63, 3.8) is 0 Å². The van der Waals surface area contributed by atoms with Gasteiger partial charge in [-0.2, -0.15) is 0 Å². The molecule has 2 aromatic rings. The number of imidazole rings is 1. The van der Waals surface area contributed by atoms with Crippen LogP contribution in [-0.2, 0) is 4.79 Å². The van der Waals surface area contributed by atoms with Crippen LogP contribution in [0.5, 0.6) is 0 Å². The summed E-state index contributed by atoms with van der Waals surface area (Å²) in [6.07, 6.45) is 0. The van der Waals surface area contributed by atoms with Crippen LogP contribution in [0.3, 0.4) is 0 Å². The van der Waals surface area contributed by atoms with E-state index < -0.39 is 0 Å². The van der Waals surface area contributed by atoms with Gasteiger partial charge in [0.15, 0.2) is 0 Å². The Labute approximate surface area is 130 Å². The number of fused-ring (bicyclic) bond motifs is 1. The van der Waals surface area contributed by atoms with Crippen LogP contribution in [0.15, 0.2) is 18.2 Å². The number of anilines is 1. The summed E-state index contributed by atoms with van der Waals surface area (Å²) < 4.78 is 0. The van der Waals surface area contributed by atoms with E-state index in [1.807, 2.05) is 39.0 Å². The highest BCUT2D eigenvalue weighted by Crippen LogP contribution is 2.18. The predicted octanol–water partition coefficient (Wildman–Crippen LogP) is 2.64. The summed E-state index contributed by atoms with van der Waals surface area (Å²) >= 11 is 0. The van der Waals surface area contributed by atoms with Gasteiger partial charge in [-0.3, -0.25) is 4.79 Å². The summed E-state index contributed by atoms with van der Waals surface area (Å²) in [6, 6.07) is 5.43. The highest BCUT2D eigenvalue weighted by molar-refractivity contribution is 5.94. The summed E-state index contributed by atoms with van der Waals surface area (Å²) in [5, 5.41) is 2.86. The van der Waals surface area contributed by atoms with Crippen molar-refractivity contribution in [1.29, 1.82) is 0 Å². The average molecular weight is 319 g/mol. The average Bonchev–Trinajstić information content (AvgIpc) is 2.67. The van der Waals surface area contributed by atoms with Crippen molar-refractivity contribution in [2.24, 2.45) is 11.7 Å². The SMILES string of the molecule is Cc1nc2ccc(NC(=O)C(C)C(C)N)cc2[nH]1.Cl.Cl. The number of H-pyrrole nitrogens is 1. The van der Waals surface area contributed by atoms with Crippen molar-refractivity contribution in [2.45, 2.75) is 26.8 Å².